The Morgan fingerprint density at radius 1 is 1.11 bits per heavy atom. The fraction of sp³-hybridized carbons (Fsp3) is 0.286. The Hall–Kier alpha value is -1.62. The second kappa shape index (κ2) is 6.52. The third-order valence-electron chi connectivity index (χ3n) is 2.67. The van der Waals surface area contributed by atoms with Crippen LogP contribution < -0.4 is 5.19 Å². The zero-order chi connectivity index (χ0) is 13.7. The van der Waals surface area contributed by atoms with E-state index in [0.717, 1.165) is 35.5 Å². The van der Waals surface area contributed by atoms with Crippen molar-refractivity contribution >= 4 is 14.7 Å². The van der Waals surface area contributed by atoms with Crippen molar-refractivity contribution in [1.29, 1.82) is 0 Å². The maximum Gasteiger partial charge on any atom is 0.158 e. The van der Waals surface area contributed by atoms with E-state index >= 15 is 0 Å². The average Bonchev–Trinajstić information content (AvgIpc) is 2.42. The van der Waals surface area contributed by atoms with E-state index in [4.69, 9.17) is 0 Å². The van der Waals surface area contributed by atoms with Crippen molar-refractivity contribution < 1.29 is 8.78 Å². The molecule has 98 valence electrons. The van der Waals surface area contributed by atoms with E-state index in [0.29, 0.717) is 15.6 Å². The Labute approximate surface area is 113 Å². The summed E-state index contributed by atoms with van der Waals surface area (Å²) in [7, 11) is 0.341. The molecular weight excluding hydrogens is 262 g/mol. The zero-order valence-corrected chi connectivity index (χ0v) is 11.7. The van der Waals surface area contributed by atoms with E-state index in [9.17, 15) is 8.78 Å². The van der Waals surface area contributed by atoms with Crippen LogP contribution in [0, 0.1) is 11.6 Å². The molecule has 2 radical (unpaired) electrons. The molecule has 2 aromatic rings. The Morgan fingerprint density at radius 2 is 1.84 bits per heavy atom. The Kier molecular flexibility index (Phi) is 4.73. The smallest absolute Gasteiger partial charge is 0.158 e. The first-order chi connectivity index (χ1) is 9.19. The number of benzene rings is 1. The van der Waals surface area contributed by atoms with Crippen molar-refractivity contribution in [3.05, 3.63) is 53.6 Å². The SMILES string of the molecule is CCCc1cnc(C[Si]c2ccc(F)c(F)c2)nc1. The van der Waals surface area contributed by atoms with Crippen LogP contribution in [0.4, 0.5) is 8.78 Å². The molecule has 0 amide bonds. The van der Waals surface area contributed by atoms with Crippen molar-refractivity contribution in [3.8, 4) is 0 Å². The number of nitrogens with zero attached hydrogens (tertiary/aromatic N) is 2. The molecule has 0 saturated heterocycles. The molecule has 1 aromatic carbocycles. The molecule has 0 N–H and O–H groups in total. The van der Waals surface area contributed by atoms with Crippen LogP contribution >= 0.6 is 0 Å². The quantitative estimate of drug-likeness (QED) is 0.783. The summed E-state index contributed by atoms with van der Waals surface area (Å²) in [5.41, 5.74) is 1.13. The molecule has 0 spiro atoms. The van der Waals surface area contributed by atoms with Crippen LogP contribution in [0.1, 0.15) is 24.7 Å². The minimum absolute atomic E-state index is 0.341. The highest BCUT2D eigenvalue weighted by Crippen LogP contribution is 2.02. The molecule has 2 rings (SSSR count). The van der Waals surface area contributed by atoms with Gasteiger partial charge in [0.1, 0.15) is 5.82 Å². The topological polar surface area (TPSA) is 25.8 Å². The number of hydrogen-bond acceptors (Lipinski definition) is 2. The molecule has 0 aliphatic heterocycles. The summed E-state index contributed by atoms with van der Waals surface area (Å²) in [4.78, 5) is 8.56. The van der Waals surface area contributed by atoms with Crippen molar-refractivity contribution in [3.63, 3.8) is 0 Å². The summed E-state index contributed by atoms with van der Waals surface area (Å²) in [5.74, 6) is -0.874. The third kappa shape index (κ3) is 3.92. The normalized spacial score (nSPS) is 10.7. The van der Waals surface area contributed by atoms with Gasteiger partial charge in [0.15, 0.2) is 11.6 Å². The molecular formula is C14H14F2N2Si. The van der Waals surface area contributed by atoms with Crippen molar-refractivity contribution in [2.75, 3.05) is 0 Å². The lowest BCUT2D eigenvalue weighted by atomic mass is 10.2. The Morgan fingerprint density at radius 3 is 2.47 bits per heavy atom. The molecule has 0 aliphatic rings. The van der Waals surface area contributed by atoms with Crippen LogP contribution in [0.15, 0.2) is 30.6 Å². The minimum Gasteiger partial charge on any atom is -0.241 e. The van der Waals surface area contributed by atoms with E-state index in [-0.39, 0.29) is 0 Å². The van der Waals surface area contributed by atoms with Gasteiger partial charge >= 0.3 is 0 Å². The van der Waals surface area contributed by atoms with E-state index in [2.05, 4.69) is 16.9 Å². The molecule has 0 fully saturated rings. The average molecular weight is 276 g/mol. The molecule has 0 bridgehead atoms. The van der Waals surface area contributed by atoms with Gasteiger partial charge < -0.3 is 0 Å². The Bertz CT molecular complexity index is 544. The van der Waals surface area contributed by atoms with Crippen molar-refractivity contribution in [1.82, 2.24) is 9.97 Å². The summed E-state index contributed by atoms with van der Waals surface area (Å²) in [6, 6.07) is 4.64. The number of hydrogen-bond donors (Lipinski definition) is 0. The van der Waals surface area contributed by atoms with Gasteiger partial charge in [0.2, 0.25) is 0 Å². The predicted octanol–water partition coefficient (Wildman–Crippen LogP) is 2.24. The molecule has 1 aromatic heterocycles. The largest absolute Gasteiger partial charge is 0.241 e. The maximum absolute atomic E-state index is 13.0. The van der Waals surface area contributed by atoms with Gasteiger partial charge in [0.25, 0.3) is 0 Å². The first-order valence-electron chi connectivity index (χ1n) is 6.17. The molecule has 0 atom stereocenters. The monoisotopic (exact) mass is 276 g/mol. The molecule has 2 nitrogen and oxygen atoms in total. The van der Waals surface area contributed by atoms with Gasteiger partial charge in [-0.1, -0.05) is 24.6 Å². The molecule has 19 heavy (non-hydrogen) atoms. The molecule has 0 unspecified atom stereocenters. The van der Waals surface area contributed by atoms with Gasteiger partial charge in [0, 0.05) is 18.4 Å². The predicted molar refractivity (Wildman–Crippen MR) is 71.5 cm³/mol. The number of rotatable bonds is 5. The molecule has 0 aliphatic carbocycles. The summed E-state index contributed by atoms with van der Waals surface area (Å²) in [5, 5.41) is 0.778. The van der Waals surface area contributed by atoms with E-state index in [1.807, 2.05) is 12.4 Å². The van der Waals surface area contributed by atoms with E-state index in [1.165, 1.54) is 6.07 Å². The highest BCUT2D eigenvalue weighted by atomic mass is 28.2. The summed E-state index contributed by atoms with van der Waals surface area (Å²) in [6.45, 7) is 2.11. The van der Waals surface area contributed by atoms with E-state index in [1.54, 1.807) is 6.07 Å². The first-order valence-corrected chi connectivity index (χ1v) is 7.38. The second-order valence-electron chi connectivity index (χ2n) is 4.24. The van der Waals surface area contributed by atoms with Crippen LogP contribution in [-0.4, -0.2) is 19.5 Å². The highest BCUT2D eigenvalue weighted by Gasteiger charge is 2.05. The number of halogens is 2. The van der Waals surface area contributed by atoms with Gasteiger partial charge in [-0.25, -0.2) is 18.7 Å². The lowest BCUT2D eigenvalue weighted by molar-refractivity contribution is 0.509. The molecule has 0 saturated carbocycles. The zero-order valence-electron chi connectivity index (χ0n) is 10.7. The van der Waals surface area contributed by atoms with Crippen LogP contribution in [0.5, 0.6) is 0 Å². The standard InChI is InChI=1S/C14H14F2N2Si/c1-2-3-10-7-17-14(18-8-10)9-19-11-4-5-12(15)13(16)6-11/h4-8H,2-3,9H2,1H3. The second-order valence-corrected chi connectivity index (χ2v) is 5.52. The maximum atomic E-state index is 13.0. The lowest BCUT2D eigenvalue weighted by Crippen LogP contribution is -2.18. The van der Waals surface area contributed by atoms with Gasteiger partial charge in [0.05, 0.1) is 9.52 Å². The lowest BCUT2D eigenvalue weighted by Gasteiger charge is -2.02. The Balaban J connectivity index is 1.96. The van der Waals surface area contributed by atoms with Gasteiger partial charge in [-0.15, -0.1) is 0 Å². The summed E-state index contributed by atoms with van der Waals surface area (Å²) >= 11 is 0. The van der Waals surface area contributed by atoms with Gasteiger partial charge in [-0.3, -0.25) is 0 Å². The van der Waals surface area contributed by atoms with Crippen molar-refractivity contribution in [2.45, 2.75) is 25.8 Å². The molecule has 5 heteroatoms. The van der Waals surface area contributed by atoms with Crippen molar-refractivity contribution in [2.24, 2.45) is 0 Å². The summed E-state index contributed by atoms with van der Waals surface area (Å²) in [6.07, 6.45) is 5.72. The van der Waals surface area contributed by atoms with Gasteiger partial charge in [-0.05, 0) is 24.1 Å². The fourth-order valence-electron chi connectivity index (χ4n) is 1.68. The molecule has 1 heterocycles. The fourth-order valence-corrected chi connectivity index (χ4v) is 2.65. The minimum atomic E-state index is -0.811. The van der Waals surface area contributed by atoms with E-state index < -0.39 is 11.6 Å². The number of aromatic nitrogens is 2. The van der Waals surface area contributed by atoms with Gasteiger partial charge in [-0.2, -0.15) is 0 Å². The van der Waals surface area contributed by atoms with Crippen LogP contribution in [0.2, 0.25) is 0 Å². The van der Waals surface area contributed by atoms with Crippen LogP contribution in [0.25, 0.3) is 0 Å². The highest BCUT2D eigenvalue weighted by molar-refractivity contribution is 6.52. The third-order valence-corrected chi connectivity index (χ3v) is 3.88. The number of aryl methyl sites for hydroxylation is 1. The van der Waals surface area contributed by atoms with Crippen LogP contribution in [0.3, 0.4) is 0 Å². The first kappa shape index (κ1) is 13.8. The van der Waals surface area contributed by atoms with Crippen LogP contribution in [-0.2, 0) is 12.5 Å². The summed E-state index contributed by atoms with van der Waals surface area (Å²) < 4.78 is 25.8.